The molecule has 3 nitrogen and oxygen atoms in total. The summed E-state index contributed by atoms with van der Waals surface area (Å²) in [6.45, 7) is 3.64. The highest BCUT2D eigenvalue weighted by atomic mass is 19.1. The fourth-order valence-corrected chi connectivity index (χ4v) is 1.43. The van der Waals surface area contributed by atoms with Crippen LogP contribution in [-0.2, 0) is 4.74 Å². The van der Waals surface area contributed by atoms with Gasteiger partial charge in [-0.25, -0.2) is 13.6 Å². The molecule has 0 aliphatic heterocycles. The lowest BCUT2D eigenvalue weighted by molar-refractivity contribution is 0.0317. The maximum Gasteiger partial charge on any atom is 0.341 e. The van der Waals surface area contributed by atoms with Crippen molar-refractivity contribution in [3.8, 4) is 0 Å². The van der Waals surface area contributed by atoms with Gasteiger partial charge in [-0.3, -0.25) is 0 Å². The normalized spacial score (nSPS) is 12.2. The molecule has 1 aromatic rings. The van der Waals surface area contributed by atoms with Gasteiger partial charge in [0.15, 0.2) is 0 Å². The Morgan fingerprint density at radius 1 is 1.41 bits per heavy atom. The number of carbonyl (C=O) groups excluding carboxylic acids is 1. The number of rotatable bonds is 4. The van der Waals surface area contributed by atoms with Gasteiger partial charge in [0.25, 0.3) is 0 Å². The molecule has 2 N–H and O–H groups in total. The molecule has 0 spiro atoms. The van der Waals surface area contributed by atoms with Crippen molar-refractivity contribution in [3.05, 3.63) is 29.3 Å². The van der Waals surface area contributed by atoms with Crippen LogP contribution in [0.2, 0.25) is 0 Å². The zero-order valence-electron chi connectivity index (χ0n) is 9.80. The van der Waals surface area contributed by atoms with Crippen molar-refractivity contribution in [3.63, 3.8) is 0 Å². The molecular formula is C12H15F2NO2. The van der Waals surface area contributed by atoms with Crippen molar-refractivity contribution in [2.24, 2.45) is 0 Å². The second-order valence-electron chi connectivity index (χ2n) is 3.86. The molecule has 0 saturated heterocycles. The van der Waals surface area contributed by atoms with E-state index in [1.807, 2.05) is 6.92 Å². The van der Waals surface area contributed by atoms with Crippen LogP contribution in [0.1, 0.15) is 37.0 Å². The first-order valence-electron chi connectivity index (χ1n) is 5.41. The van der Waals surface area contributed by atoms with Crippen LogP contribution in [0.3, 0.4) is 0 Å². The van der Waals surface area contributed by atoms with Crippen molar-refractivity contribution in [2.75, 3.05) is 5.73 Å². The monoisotopic (exact) mass is 243 g/mol. The van der Waals surface area contributed by atoms with E-state index in [1.54, 1.807) is 6.92 Å². The van der Waals surface area contributed by atoms with Gasteiger partial charge in [0.05, 0.1) is 17.4 Å². The molecule has 0 amide bonds. The van der Waals surface area contributed by atoms with Crippen LogP contribution >= 0.6 is 0 Å². The van der Waals surface area contributed by atoms with Crippen LogP contribution in [0, 0.1) is 11.6 Å². The lowest BCUT2D eigenvalue weighted by Gasteiger charge is -2.12. The lowest BCUT2D eigenvalue weighted by Crippen LogP contribution is -2.16. The van der Waals surface area contributed by atoms with E-state index in [1.165, 1.54) is 0 Å². The second kappa shape index (κ2) is 5.61. The molecule has 0 bridgehead atoms. The summed E-state index contributed by atoms with van der Waals surface area (Å²) >= 11 is 0. The van der Waals surface area contributed by atoms with Gasteiger partial charge in [-0.15, -0.1) is 0 Å². The predicted molar refractivity (Wildman–Crippen MR) is 60.6 cm³/mol. The number of esters is 1. The van der Waals surface area contributed by atoms with Gasteiger partial charge in [0.1, 0.15) is 11.6 Å². The standard InChI is InChI=1S/C12H15F2NO2/c1-3-4-7(2)17-12(16)8-5-10(14)11(15)6-9(8)13/h5-7H,3-4,15H2,1-2H3. The van der Waals surface area contributed by atoms with Crippen LogP contribution < -0.4 is 5.73 Å². The number of benzene rings is 1. The van der Waals surface area contributed by atoms with Gasteiger partial charge in [0.2, 0.25) is 0 Å². The Bertz CT molecular complexity index is 421. The summed E-state index contributed by atoms with van der Waals surface area (Å²) < 4.78 is 31.4. The Hall–Kier alpha value is -1.65. The maximum atomic E-state index is 13.4. The SMILES string of the molecule is CCCC(C)OC(=O)c1cc(F)c(N)cc1F. The molecule has 0 aromatic heterocycles. The lowest BCUT2D eigenvalue weighted by atomic mass is 10.1. The zero-order valence-corrected chi connectivity index (χ0v) is 9.80. The van der Waals surface area contributed by atoms with Crippen molar-refractivity contribution >= 4 is 11.7 Å². The van der Waals surface area contributed by atoms with Gasteiger partial charge in [-0.2, -0.15) is 0 Å². The summed E-state index contributed by atoms with van der Waals surface area (Å²) in [4.78, 5) is 11.5. The number of carbonyl (C=O) groups is 1. The van der Waals surface area contributed by atoms with Crippen LogP contribution in [0.4, 0.5) is 14.5 Å². The van der Waals surface area contributed by atoms with Gasteiger partial charge in [0, 0.05) is 6.07 Å². The topological polar surface area (TPSA) is 52.3 Å². The summed E-state index contributed by atoms with van der Waals surface area (Å²) in [7, 11) is 0. The van der Waals surface area contributed by atoms with E-state index in [9.17, 15) is 13.6 Å². The molecule has 17 heavy (non-hydrogen) atoms. The number of ether oxygens (including phenoxy) is 1. The average molecular weight is 243 g/mol. The predicted octanol–water partition coefficient (Wildman–Crippen LogP) is 2.89. The Labute approximate surface area is 98.6 Å². The molecule has 94 valence electrons. The average Bonchev–Trinajstić information content (AvgIpc) is 2.23. The van der Waals surface area contributed by atoms with Crippen molar-refractivity contribution in [1.29, 1.82) is 0 Å². The van der Waals surface area contributed by atoms with Crippen LogP contribution in [0.25, 0.3) is 0 Å². The van der Waals surface area contributed by atoms with Crippen molar-refractivity contribution in [2.45, 2.75) is 32.8 Å². The highest BCUT2D eigenvalue weighted by Crippen LogP contribution is 2.18. The molecule has 0 fully saturated rings. The first-order valence-corrected chi connectivity index (χ1v) is 5.41. The first-order chi connectivity index (χ1) is 7.95. The second-order valence-corrected chi connectivity index (χ2v) is 3.86. The van der Waals surface area contributed by atoms with E-state index in [4.69, 9.17) is 10.5 Å². The van der Waals surface area contributed by atoms with Crippen molar-refractivity contribution < 1.29 is 18.3 Å². The summed E-state index contributed by atoms with van der Waals surface area (Å²) in [6, 6.07) is 1.53. The third-order valence-electron chi connectivity index (χ3n) is 2.31. The molecule has 1 atom stereocenters. The van der Waals surface area contributed by atoms with Crippen molar-refractivity contribution in [1.82, 2.24) is 0 Å². The van der Waals surface area contributed by atoms with Crippen LogP contribution in [0.5, 0.6) is 0 Å². The fraction of sp³-hybridized carbons (Fsp3) is 0.417. The fourth-order valence-electron chi connectivity index (χ4n) is 1.43. The Kier molecular flexibility index (Phi) is 4.43. The van der Waals surface area contributed by atoms with Crippen LogP contribution in [-0.4, -0.2) is 12.1 Å². The highest BCUT2D eigenvalue weighted by molar-refractivity contribution is 5.90. The van der Waals surface area contributed by atoms with E-state index in [-0.39, 0.29) is 11.8 Å². The Balaban J connectivity index is 2.86. The summed E-state index contributed by atoms with van der Waals surface area (Å²) in [5, 5.41) is 0. The summed E-state index contributed by atoms with van der Waals surface area (Å²) in [6.07, 6.45) is 1.19. The summed E-state index contributed by atoms with van der Waals surface area (Å²) in [5.74, 6) is -2.58. The van der Waals surface area contributed by atoms with E-state index >= 15 is 0 Å². The van der Waals surface area contributed by atoms with Crippen LogP contribution in [0.15, 0.2) is 12.1 Å². The number of hydrogen-bond acceptors (Lipinski definition) is 3. The minimum atomic E-state index is -0.877. The smallest absolute Gasteiger partial charge is 0.341 e. The van der Waals surface area contributed by atoms with Gasteiger partial charge < -0.3 is 10.5 Å². The molecule has 1 unspecified atom stereocenters. The largest absolute Gasteiger partial charge is 0.459 e. The molecular weight excluding hydrogens is 228 g/mol. The molecule has 0 saturated carbocycles. The molecule has 0 heterocycles. The molecule has 0 radical (unpaired) electrons. The third kappa shape index (κ3) is 3.41. The van der Waals surface area contributed by atoms with Gasteiger partial charge >= 0.3 is 5.97 Å². The molecule has 1 rings (SSSR count). The molecule has 0 aliphatic carbocycles. The molecule has 5 heteroatoms. The van der Waals surface area contributed by atoms with Gasteiger partial charge in [-0.1, -0.05) is 13.3 Å². The number of hydrogen-bond donors (Lipinski definition) is 1. The number of nitrogens with two attached hydrogens (primary N) is 1. The Morgan fingerprint density at radius 3 is 2.65 bits per heavy atom. The van der Waals surface area contributed by atoms with E-state index in [2.05, 4.69) is 0 Å². The first kappa shape index (κ1) is 13.4. The minimum Gasteiger partial charge on any atom is -0.459 e. The molecule has 1 aromatic carbocycles. The number of halogens is 2. The van der Waals surface area contributed by atoms with E-state index in [0.29, 0.717) is 6.42 Å². The van der Waals surface area contributed by atoms with Gasteiger partial charge in [-0.05, 0) is 19.4 Å². The molecule has 0 aliphatic rings. The quantitative estimate of drug-likeness (QED) is 0.653. The summed E-state index contributed by atoms with van der Waals surface area (Å²) in [5.41, 5.74) is 4.41. The minimum absolute atomic E-state index is 0.326. The maximum absolute atomic E-state index is 13.4. The Morgan fingerprint density at radius 2 is 2.06 bits per heavy atom. The van der Waals surface area contributed by atoms with E-state index < -0.39 is 23.2 Å². The number of anilines is 1. The van der Waals surface area contributed by atoms with E-state index in [0.717, 1.165) is 18.6 Å². The zero-order chi connectivity index (χ0) is 13.0. The third-order valence-corrected chi connectivity index (χ3v) is 2.31. The number of nitrogen functional groups attached to an aromatic ring is 1. The highest BCUT2D eigenvalue weighted by Gasteiger charge is 2.18.